The molecule has 1 aliphatic heterocycles. The van der Waals surface area contributed by atoms with Crippen molar-refractivity contribution in [1.82, 2.24) is 4.90 Å². The van der Waals surface area contributed by atoms with Crippen LogP contribution in [0, 0.1) is 0 Å². The van der Waals surface area contributed by atoms with Gasteiger partial charge in [0.2, 0.25) is 5.91 Å². The average molecular weight is 468 g/mol. The number of nitrogens with zero attached hydrogens (tertiary/aromatic N) is 1. The number of rotatable bonds is 7. The van der Waals surface area contributed by atoms with Gasteiger partial charge in [0.1, 0.15) is 5.00 Å². The van der Waals surface area contributed by atoms with Crippen molar-refractivity contribution in [3.8, 4) is 0 Å². The molecule has 1 atom stereocenters. The number of carbonyl (C=O) groups excluding carboxylic acids is 2. The van der Waals surface area contributed by atoms with Crippen molar-refractivity contribution in [2.75, 3.05) is 23.7 Å². The third-order valence-corrected chi connectivity index (χ3v) is 8.32. The molecule has 2 amide bonds. The van der Waals surface area contributed by atoms with Gasteiger partial charge >= 0.3 is 0 Å². The molecule has 1 unspecified atom stereocenters. The first kappa shape index (κ1) is 24.0. The molecule has 1 saturated heterocycles. The average Bonchev–Trinajstić information content (AvgIpc) is 2.99. The quantitative estimate of drug-likeness (QED) is 0.488. The Morgan fingerprint density at radius 3 is 2.67 bits per heavy atom. The topological polar surface area (TPSA) is 61.4 Å². The number of carbonyl (C=O) groups is 2. The van der Waals surface area contributed by atoms with Crippen LogP contribution in [0.4, 0.5) is 10.7 Å². The van der Waals surface area contributed by atoms with Gasteiger partial charge in [-0.05, 0) is 75.1 Å². The molecular formula is C27H37N3O2S. The Kier molecular flexibility index (Phi) is 8.20. The molecule has 178 valence electrons. The fraction of sp³-hybridized carbons (Fsp3) is 0.556. The van der Waals surface area contributed by atoms with Gasteiger partial charge in [-0.25, -0.2) is 0 Å². The molecule has 2 aliphatic rings. The largest absolute Gasteiger partial charge is 0.322 e. The van der Waals surface area contributed by atoms with Crippen LogP contribution in [0.1, 0.15) is 85.2 Å². The Bertz CT molecular complexity index is 984. The van der Waals surface area contributed by atoms with Gasteiger partial charge in [-0.1, -0.05) is 44.9 Å². The van der Waals surface area contributed by atoms with Gasteiger partial charge in [-0.3, -0.25) is 14.5 Å². The molecule has 4 rings (SSSR count). The third-order valence-electron chi connectivity index (χ3n) is 7.11. The summed E-state index contributed by atoms with van der Waals surface area (Å²) in [5, 5.41) is 7.03. The van der Waals surface area contributed by atoms with Gasteiger partial charge in [0.15, 0.2) is 0 Å². The summed E-state index contributed by atoms with van der Waals surface area (Å²) in [6, 6.07) is 8.45. The van der Waals surface area contributed by atoms with E-state index in [0.29, 0.717) is 18.2 Å². The van der Waals surface area contributed by atoms with Crippen molar-refractivity contribution >= 4 is 33.8 Å². The molecule has 1 fully saturated rings. The number of amides is 2. The second-order valence-corrected chi connectivity index (χ2v) is 10.4. The maximum Gasteiger partial charge on any atom is 0.258 e. The van der Waals surface area contributed by atoms with Crippen LogP contribution >= 0.6 is 11.3 Å². The van der Waals surface area contributed by atoms with Crippen LogP contribution < -0.4 is 10.6 Å². The van der Waals surface area contributed by atoms with Gasteiger partial charge in [-0.2, -0.15) is 0 Å². The predicted molar refractivity (Wildman–Crippen MR) is 137 cm³/mol. The number of piperidine rings is 1. The first-order valence-electron chi connectivity index (χ1n) is 12.7. The van der Waals surface area contributed by atoms with Crippen LogP contribution in [-0.4, -0.2) is 35.8 Å². The summed E-state index contributed by atoms with van der Waals surface area (Å²) < 4.78 is 0. The second kappa shape index (κ2) is 11.3. The lowest BCUT2D eigenvalue weighted by molar-refractivity contribution is -0.118. The Labute approximate surface area is 202 Å². The van der Waals surface area contributed by atoms with E-state index >= 15 is 0 Å². The monoisotopic (exact) mass is 467 g/mol. The lowest BCUT2D eigenvalue weighted by atomic mass is 10.00. The number of hydrogen-bond donors (Lipinski definition) is 2. The lowest BCUT2D eigenvalue weighted by Gasteiger charge is -2.34. The highest BCUT2D eigenvalue weighted by molar-refractivity contribution is 7.17. The fourth-order valence-electron chi connectivity index (χ4n) is 5.29. The lowest BCUT2D eigenvalue weighted by Crippen LogP contribution is -2.43. The van der Waals surface area contributed by atoms with Crippen LogP contribution in [-0.2, 0) is 24.1 Å². The van der Waals surface area contributed by atoms with Crippen molar-refractivity contribution < 1.29 is 9.59 Å². The molecule has 5 nitrogen and oxygen atoms in total. The van der Waals surface area contributed by atoms with Crippen LogP contribution in [0.3, 0.4) is 0 Å². The molecule has 0 radical (unpaired) electrons. The summed E-state index contributed by atoms with van der Waals surface area (Å²) in [7, 11) is 0. The molecule has 1 aromatic heterocycles. The van der Waals surface area contributed by atoms with Gasteiger partial charge in [0.25, 0.3) is 5.91 Å². The first-order valence-corrected chi connectivity index (χ1v) is 13.5. The van der Waals surface area contributed by atoms with E-state index in [0.717, 1.165) is 73.3 Å². The molecule has 1 aromatic carbocycles. The molecule has 0 saturated carbocycles. The van der Waals surface area contributed by atoms with Crippen molar-refractivity contribution in [2.24, 2.45) is 0 Å². The Balaban J connectivity index is 1.57. The summed E-state index contributed by atoms with van der Waals surface area (Å²) in [5.74, 6) is -0.107. The molecule has 33 heavy (non-hydrogen) atoms. The van der Waals surface area contributed by atoms with Crippen LogP contribution in [0.15, 0.2) is 24.3 Å². The summed E-state index contributed by atoms with van der Waals surface area (Å²) >= 11 is 1.61. The normalized spacial score (nSPS) is 18.9. The molecule has 0 spiro atoms. The Morgan fingerprint density at radius 1 is 1.03 bits per heavy atom. The Hall–Kier alpha value is -2.18. The summed E-state index contributed by atoms with van der Waals surface area (Å²) in [6.45, 7) is 5.68. The van der Waals surface area contributed by atoms with Crippen molar-refractivity contribution in [2.45, 2.75) is 84.1 Å². The van der Waals surface area contributed by atoms with Gasteiger partial charge in [0.05, 0.1) is 12.1 Å². The molecule has 0 bridgehead atoms. The van der Waals surface area contributed by atoms with E-state index in [1.54, 1.807) is 11.3 Å². The van der Waals surface area contributed by atoms with Crippen molar-refractivity contribution in [1.29, 1.82) is 0 Å². The van der Waals surface area contributed by atoms with Crippen LogP contribution in [0.5, 0.6) is 0 Å². The fourth-order valence-corrected chi connectivity index (χ4v) is 6.59. The highest BCUT2D eigenvalue weighted by atomic mass is 32.1. The second-order valence-electron chi connectivity index (χ2n) is 9.31. The van der Waals surface area contributed by atoms with Crippen molar-refractivity contribution in [3.63, 3.8) is 0 Å². The summed E-state index contributed by atoms with van der Waals surface area (Å²) in [4.78, 5) is 30.2. The standard InChI is InChI=1S/C27H37N3O2S/c1-3-19-12-8-9-15-22(19)28-26(32)25-21-14-6-5-7-16-23(21)33-27(25)29-24(31)18-30-17-11-10-13-20(30)4-2/h8-9,12,15,20H,3-7,10-11,13-14,16-18H2,1-2H3,(H,28,32)(H,29,31). The van der Waals surface area contributed by atoms with E-state index in [4.69, 9.17) is 0 Å². The first-order chi connectivity index (χ1) is 16.1. The van der Waals surface area contributed by atoms with E-state index in [-0.39, 0.29) is 11.8 Å². The number of hydrogen-bond acceptors (Lipinski definition) is 4. The molecule has 6 heteroatoms. The number of para-hydroxylation sites is 1. The minimum Gasteiger partial charge on any atom is -0.322 e. The number of thiophene rings is 1. The highest BCUT2D eigenvalue weighted by Crippen LogP contribution is 2.38. The van der Waals surface area contributed by atoms with Gasteiger partial charge < -0.3 is 10.6 Å². The number of aryl methyl sites for hydroxylation is 2. The Morgan fingerprint density at radius 2 is 1.85 bits per heavy atom. The molecule has 2 heterocycles. The number of nitrogens with one attached hydrogen (secondary N) is 2. The molecule has 1 aliphatic carbocycles. The smallest absolute Gasteiger partial charge is 0.258 e. The van der Waals surface area contributed by atoms with Crippen molar-refractivity contribution in [3.05, 3.63) is 45.8 Å². The molecule has 2 aromatic rings. The van der Waals surface area contributed by atoms with Gasteiger partial charge in [-0.15, -0.1) is 11.3 Å². The van der Waals surface area contributed by atoms with Crippen LogP contribution in [0.2, 0.25) is 0 Å². The number of likely N-dealkylation sites (tertiary alicyclic amines) is 1. The minimum absolute atomic E-state index is 0.00484. The van der Waals surface area contributed by atoms with Gasteiger partial charge in [0, 0.05) is 16.6 Å². The number of fused-ring (bicyclic) bond motifs is 1. The zero-order chi connectivity index (χ0) is 23.2. The summed E-state index contributed by atoms with van der Waals surface area (Å²) in [6.07, 6.45) is 10.8. The maximum atomic E-state index is 13.6. The highest BCUT2D eigenvalue weighted by Gasteiger charge is 2.28. The summed E-state index contributed by atoms with van der Waals surface area (Å²) in [5.41, 5.74) is 3.80. The predicted octanol–water partition coefficient (Wildman–Crippen LogP) is 6.03. The van der Waals surface area contributed by atoms with E-state index in [2.05, 4.69) is 35.4 Å². The van der Waals surface area contributed by atoms with Crippen LogP contribution in [0.25, 0.3) is 0 Å². The minimum atomic E-state index is -0.102. The van der Waals surface area contributed by atoms with E-state index in [1.165, 1.54) is 24.1 Å². The van der Waals surface area contributed by atoms with E-state index in [9.17, 15) is 9.59 Å². The van der Waals surface area contributed by atoms with E-state index < -0.39 is 0 Å². The number of benzene rings is 1. The number of anilines is 2. The molecule has 2 N–H and O–H groups in total. The zero-order valence-electron chi connectivity index (χ0n) is 20.0. The van der Waals surface area contributed by atoms with E-state index in [1.807, 2.05) is 18.2 Å². The SMILES string of the molecule is CCc1ccccc1NC(=O)c1c(NC(=O)CN2CCCCC2CC)sc2c1CCCCC2. The maximum absolute atomic E-state index is 13.6. The molecular weight excluding hydrogens is 430 g/mol. The zero-order valence-corrected chi connectivity index (χ0v) is 20.9. The third kappa shape index (κ3) is 5.67.